The number of benzene rings is 3. The number of ketones is 1. The Hall–Kier alpha value is -4.02. The number of carbonyl (C=O) groups excluding carboxylic acids is 1. The van der Waals surface area contributed by atoms with Crippen LogP contribution in [0.5, 0.6) is 0 Å². The van der Waals surface area contributed by atoms with E-state index in [0.717, 1.165) is 0 Å². The summed E-state index contributed by atoms with van der Waals surface area (Å²) in [6, 6.07) is 30.0. The van der Waals surface area contributed by atoms with Crippen molar-refractivity contribution in [2.75, 3.05) is 19.8 Å². The van der Waals surface area contributed by atoms with Crippen LogP contribution in [-0.2, 0) is 22.1 Å². The van der Waals surface area contributed by atoms with Crippen molar-refractivity contribution in [2.24, 2.45) is 0 Å². The summed E-state index contributed by atoms with van der Waals surface area (Å²) in [5.74, 6) is -0.0230. The standard InChI is InChI=1S/C34H38N4O4Si/c1-34(2,3)43(28-15-9-5-10-16-28,29-17-11-6-12-18-29)42-23-27(22-39)41-20-19-38-25-37-32-30(35-24-36-33(32)38)21-31(40)26-13-7-4-8-14-26/h4-18,24-25,27,39H,19-23H2,1-3H3/t27-/m1/s1. The van der Waals surface area contributed by atoms with E-state index in [1.165, 1.54) is 16.7 Å². The Morgan fingerprint density at radius 1 is 0.884 bits per heavy atom. The smallest absolute Gasteiger partial charge is 0.261 e. The van der Waals surface area contributed by atoms with Crippen molar-refractivity contribution in [1.29, 1.82) is 0 Å². The van der Waals surface area contributed by atoms with Crippen LogP contribution < -0.4 is 10.4 Å². The van der Waals surface area contributed by atoms with Gasteiger partial charge in [-0.25, -0.2) is 15.0 Å². The second-order valence-corrected chi connectivity index (χ2v) is 15.9. The van der Waals surface area contributed by atoms with Gasteiger partial charge in [0.15, 0.2) is 11.4 Å². The monoisotopic (exact) mass is 594 g/mol. The number of rotatable bonds is 13. The van der Waals surface area contributed by atoms with Crippen molar-refractivity contribution in [1.82, 2.24) is 19.5 Å². The largest absolute Gasteiger partial charge is 0.405 e. The Labute approximate surface area is 253 Å². The number of aliphatic hydroxyl groups excluding tert-OH is 1. The predicted molar refractivity (Wildman–Crippen MR) is 170 cm³/mol. The van der Waals surface area contributed by atoms with E-state index in [-0.39, 0.29) is 30.5 Å². The zero-order chi connectivity index (χ0) is 30.3. The lowest BCUT2D eigenvalue weighted by molar-refractivity contribution is -0.0183. The molecular formula is C34H38N4O4Si. The molecule has 0 amide bonds. The van der Waals surface area contributed by atoms with Crippen LogP contribution in [0.3, 0.4) is 0 Å². The molecule has 0 bridgehead atoms. The second-order valence-electron chi connectivity index (χ2n) is 11.5. The van der Waals surface area contributed by atoms with E-state index in [9.17, 15) is 9.90 Å². The molecule has 9 heteroatoms. The zero-order valence-corrected chi connectivity index (χ0v) is 25.9. The molecule has 43 heavy (non-hydrogen) atoms. The van der Waals surface area contributed by atoms with Crippen LogP contribution in [0.4, 0.5) is 0 Å². The number of carbonyl (C=O) groups is 1. The van der Waals surface area contributed by atoms with Crippen LogP contribution in [-0.4, -0.2) is 64.7 Å². The van der Waals surface area contributed by atoms with Crippen molar-refractivity contribution in [2.45, 2.75) is 44.9 Å². The third-order valence-corrected chi connectivity index (χ3v) is 12.7. The van der Waals surface area contributed by atoms with Crippen LogP contribution in [0, 0.1) is 0 Å². The van der Waals surface area contributed by atoms with E-state index >= 15 is 0 Å². The molecule has 0 saturated heterocycles. The minimum absolute atomic E-state index is 0.0230. The lowest BCUT2D eigenvalue weighted by Gasteiger charge is -2.43. The van der Waals surface area contributed by atoms with Crippen molar-refractivity contribution >= 4 is 35.6 Å². The topological polar surface area (TPSA) is 99.4 Å². The number of imidazole rings is 1. The fraction of sp³-hybridized carbons (Fsp3) is 0.294. The SMILES string of the molecule is CC(C)(C)[Si](OC[C@@H](CO)OCCn1cnc2c(CC(=O)c3ccccc3)ncnc21)(c1ccccc1)c1ccccc1. The van der Waals surface area contributed by atoms with Crippen molar-refractivity contribution in [3.63, 3.8) is 0 Å². The van der Waals surface area contributed by atoms with Gasteiger partial charge in [-0.3, -0.25) is 4.79 Å². The van der Waals surface area contributed by atoms with Crippen LogP contribution in [0.2, 0.25) is 5.04 Å². The lowest BCUT2D eigenvalue weighted by atomic mass is 10.1. The minimum atomic E-state index is -2.75. The van der Waals surface area contributed by atoms with Crippen molar-refractivity contribution in [3.05, 3.63) is 115 Å². The summed E-state index contributed by atoms with van der Waals surface area (Å²) in [6.45, 7) is 7.54. The van der Waals surface area contributed by atoms with Crippen molar-refractivity contribution < 1.29 is 19.1 Å². The highest BCUT2D eigenvalue weighted by molar-refractivity contribution is 6.99. The fourth-order valence-corrected chi connectivity index (χ4v) is 10.1. The van der Waals surface area contributed by atoms with E-state index in [1.807, 2.05) is 34.9 Å². The molecule has 0 fully saturated rings. The van der Waals surface area contributed by atoms with Crippen molar-refractivity contribution in [3.8, 4) is 0 Å². The molecule has 5 aromatic rings. The maximum Gasteiger partial charge on any atom is 0.261 e. The maximum absolute atomic E-state index is 12.8. The Kier molecular flexibility index (Phi) is 9.57. The summed E-state index contributed by atoms with van der Waals surface area (Å²) < 4.78 is 15.0. The molecule has 0 saturated carbocycles. The number of aliphatic hydroxyl groups is 1. The summed E-state index contributed by atoms with van der Waals surface area (Å²) in [5.41, 5.74) is 2.46. The first-order chi connectivity index (χ1) is 20.8. The third kappa shape index (κ3) is 6.65. The van der Waals surface area contributed by atoms with Crippen LogP contribution in [0.1, 0.15) is 36.8 Å². The molecule has 8 nitrogen and oxygen atoms in total. The van der Waals surface area contributed by atoms with Gasteiger partial charge in [0.25, 0.3) is 8.32 Å². The van der Waals surface area contributed by atoms with Gasteiger partial charge in [0.2, 0.25) is 0 Å². The fourth-order valence-electron chi connectivity index (χ4n) is 5.55. The molecule has 1 N–H and O–H groups in total. The van der Waals surface area contributed by atoms with Gasteiger partial charge in [-0.05, 0) is 15.4 Å². The van der Waals surface area contributed by atoms with E-state index in [4.69, 9.17) is 9.16 Å². The Morgan fingerprint density at radius 2 is 1.49 bits per heavy atom. The molecule has 0 unspecified atom stereocenters. The molecule has 0 aliphatic heterocycles. The van der Waals surface area contributed by atoms with Gasteiger partial charge in [0.1, 0.15) is 17.9 Å². The maximum atomic E-state index is 12.8. The summed E-state index contributed by atoms with van der Waals surface area (Å²) in [4.78, 5) is 26.0. The van der Waals surface area contributed by atoms with E-state index in [1.54, 1.807) is 18.5 Å². The first-order valence-corrected chi connectivity index (χ1v) is 16.4. The third-order valence-electron chi connectivity index (χ3n) is 7.69. The number of aromatic nitrogens is 4. The number of ether oxygens (including phenoxy) is 1. The van der Waals surface area contributed by atoms with Gasteiger partial charge in [-0.15, -0.1) is 0 Å². The summed E-state index contributed by atoms with van der Waals surface area (Å²) in [5, 5.41) is 12.4. The quantitative estimate of drug-likeness (QED) is 0.161. The van der Waals surface area contributed by atoms with Crippen LogP contribution in [0.15, 0.2) is 104 Å². The molecule has 2 aromatic heterocycles. The number of nitrogens with zero attached hydrogens (tertiary/aromatic N) is 4. The predicted octanol–water partition coefficient (Wildman–Crippen LogP) is 4.21. The van der Waals surface area contributed by atoms with Gasteiger partial charge in [0, 0.05) is 12.1 Å². The van der Waals surface area contributed by atoms with E-state index < -0.39 is 14.4 Å². The minimum Gasteiger partial charge on any atom is -0.405 e. The number of Topliss-reactive ketones (excluding diaryl/α,β-unsaturated/α-hetero) is 1. The molecule has 3 aromatic carbocycles. The number of fused-ring (bicyclic) bond motifs is 1. The second kappa shape index (κ2) is 13.5. The average Bonchev–Trinajstić information content (AvgIpc) is 3.45. The molecular weight excluding hydrogens is 556 g/mol. The van der Waals surface area contributed by atoms with Gasteiger partial charge >= 0.3 is 0 Å². The molecule has 1 atom stereocenters. The molecule has 0 radical (unpaired) electrons. The summed E-state index contributed by atoms with van der Waals surface area (Å²) in [6.07, 6.45) is 2.78. The zero-order valence-electron chi connectivity index (χ0n) is 24.9. The highest BCUT2D eigenvalue weighted by Gasteiger charge is 2.50. The van der Waals surface area contributed by atoms with Gasteiger partial charge < -0.3 is 18.8 Å². The highest BCUT2D eigenvalue weighted by Crippen LogP contribution is 2.36. The molecule has 2 heterocycles. The molecule has 222 valence electrons. The molecule has 0 aliphatic rings. The van der Waals surface area contributed by atoms with Gasteiger partial charge in [-0.2, -0.15) is 0 Å². The number of hydrogen-bond donors (Lipinski definition) is 1. The Balaban J connectivity index is 1.28. The Bertz CT molecular complexity index is 1580. The van der Waals surface area contributed by atoms with E-state index in [2.05, 4.69) is 84.3 Å². The van der Waals surface area contributed by atoms with Crippen LogP contribution in [0.25, 0.3) is 11.2 Å². The normalized spacial score (nSPS) is 12.8. The Morgan fingerprint density at radius 3 is 2.07 bits per heavy atom. The first kappa shape index (κ1) is 30.4. The highest BCUT2D eigenvalue weighted by atomic mass is 28.4. The summed E-state index contributed by atoms with van der Waals surface area (Å²) >= 11 is 0. The lowest BCUT2D eigenvalue weighted by Crippen LogP contribution is -2.67. The molecule has 0 aliphatic carbocycles. The molecule has 0 spiro atoms. The van der Waals surface area contributed by atoms with E-state index in [0.29, 0.717) is 35.6 Å². The first-order valence-electron chi connectivity index (χ1n) is 14.5. The van der Waals surface area contributed by atoms with Gasteiger partial charge in [0.05, 0.1) is 38.3 Å². The van der Waals surface area contributed by atoms with Crippen LogP contribution >= 0.6 is 0 Å². The summed E-state index contributed by atoms with van der Waals surface area (Å²) in [7, 11) is -2.75. The van der Waals surface area contributed by atoms with Gasteiger partial charge in [-0.1, -0.05) is 112 Å². The molecule has 5 rings (SSSR count). The average molecular weight is 595 g/mol. The number of hydrogen-bond acceptors (Lipinski definition) is 7.